The second-order valence-corrected chi connectivity index (χ2v) is 7.56. The Kier molecular flexibility index (Phi) is 5.96. The highest BCUT2D eigenvalue weighted by molar-refractivity contribution is 7.93. The first-order chi connectivity index (χ1) is 13.5. The predicted octanol–water partition coefficient (Wildman–Crippen LogP) is 3.50. The lowest BCUT2D eigenvalue weighted by molar-refractivity contribution is -0.119. The summed E-state index contributed by atoms with van der Waals surface area (Å²) < 4.78 is 37.5. The summed E-state index contributed by atoms with van der Waals surface area (Å²) in [6, 6.07) is 22.7. The Morgan fingerprint density at radius 1 is 0.821 bits per heavy atom. The Hall–Kier alpha value is -3.32. The third kappa shape index (κ3) is 4.32. The molecule has 0 fully saturated rings. The molecular formula is C21H19NO5S. The lowest BCUT2D eigenvalue weighted by atomic mass is 10.3. The number of benzene rings is 3. The molecular weight excluding hydrogens is 378 g/mol. The number of hydrogen-bond acceptors (Lipinski definition) is 5. The van der Waals surface area contributed by atoms with Crippen molar-refractivity contribution in [3.63, 3.8) is 0 Å². The minimum atomic E-state index is -4.08. The van der Waals surface area contributed by atoms with Crippen LogP contribution in [0.25, 0.3) is 0 Å². The largest absolute Gasteiger partial charge is 0.497 e. The molecule has 0 radical (unpaired) electrons. The first kappa shape index (κ1) is 19.4. The van der Waals surface area contributed by atoms with E-state index in [2.05, 4.69) is 0 Å². The number of amides is 1. The van der Waals surface area contributed by atoms with E-state index < -0.39 is 22.5 Å². The van der Waals surface area contributed by atoms with Crippen LogP contribution in [-0.2, 0) is 14.8 Å². The van der Waals surface area contributed by atoms with Crippen LogP contribution in [0.4, 0.5) is 5.69 Å². The van der Waals surface area contributed by atoms with E-state index in [0.29, 0.717) is 11.5 Å². The van der Waals surface area contributed by atoms with Gasteiger partial charge in [-0.25, -0.2) is 8.42 Å². The molecule has 3 rings (SSSR count). The van der Waals surface area contributed by atoms with Crippen molar-refractivity contribution in [3.05, 3.63) is 84.9 Å². The van der Waals surface area contributed by atoms with E-state index in [1.165, 1.54) is 12.1 Å². The molecule has 6 nitrogen and oxygen atoms in total. The fraction of sp³-hybridized carbons (Fsp3) is 0.0952. The molecule has 0 atom stereocenters. The molecule has 0 aromatic heterocycles. The Balaban J connectivity index is 1.87. The van der Waals surface area contributed by atoms with Gasteiger partial charge in [-0.3, -0.25) is 4.79 Å². The van der Waals surface area contributed by atoms with Gasteiger partial charge in [0, 0.05) is 0 Å². The number of carbonyl (C=O) groups excluding carboxylic acids is 1. The van der Waals surface area contributed by atoms with Gasteiger partial charge in [0.2, 0.25) is 0 Å². The van der Waals surface area contributed by atoms with Crippen LogP contribution in [0.2, 0.25) is 0 Å². The smallest absolute Gasteiger partial charge is 0.278 e. The molecule has 0 spiro atoms. The van der Waals surface area contributed by atoms with Gasteiger partial charge in [-0.2, -0.15) is 4.31 Å². The number of nitrogens with zero attached hydrogens (tertiary/aromatic N) is 1. The van der Waals surface area contributed by atoms with Gasteiger partial charge in [0.1, 0.15) is 11.5 Å². The van der Waals surface area contributed by atoms with Gasteiger partial charge < -0.3 is 9.47 Å². The summed E-state index contributed by atoms with van der Waals surface area (Å²) in [5, 5.41) is 0. The summed E-state index contributed by atoms with van der Waals surface area (Å²) in [4.78, 5) is 12.9. The zero-order chi connectivity index (χ0) is 20.0. The van der Waals surface area contributed by atoms with Gasteiger partial charge in [0.05, 0.1) is 17.7 Å². The van der Waals surface area contributed by atoms with E-state index in [9.17, 15) is 13.2 Å². The Morgan fingerprint density at radius 3 is 1.93 bits per heavy atom. The molecule has 3 aromatic carbocycles. The highest BCUT2D eigenvalue weighted by Gasteiger charge is 2.31. The lowest BCUT2D eigenvalue weighted by Gasteiger charge is -2.22. The molecule has 0 aliphatic heterocycles. The number of methoxy groups -OCH3 is 1. The van der Waals surface area contributed by atoms with Gasteiger partial charge in [0.25, 0.3) is 15.9 Å². The molecule has 0 saturated carbocycles. The number of anilines is 1. The summed E-state index contributed by atoms with van der Waals surface area (Å²) in [6.45, 7) is -0.437. The van der Waals surface area contributed by atoms with Crippen molar-refractivity contribution in [2.24, 2.45) is 0 Å². The van der Waals surface area contributed by atoms with E-state index in [1.54, 1.807) is 79.9 Å². The third-order valence-corrected chi connectivity index (χ3v) is 5.68. The van der Waals surface area contributed by atoms with Crippen molar-refractivity contribution >= 4 is 21.6 Å². The zero-order valence-electron chi connectivity index (χ0n) is 15.2. The van der Waals surface area contributed by atoms with Gasteiger partial charge in [-0.05, 0) is 48.5 Å². The monoisotopic (exact) mass is 397 g/mol. The van der Waals surface area contributed by atoms with Crippen LogP contribution in [-0.4, -0.2) is 28.0 Å². The molecule has 0 unspecified atom stereocenters. The maximum atomic E-state index is 13.1. The van der Waals surface area contributed by atoms with Gasteiger partial charge in [0.15, 0.2) is 6.61 Å². The van der Waals surface area contributed by atoms with Crippen molar-refractivity contribution in [1.29, 1.82) is 0 Å². The first-order valence-electron chi connectivity index (χ1n) is 8.47. The molecule has 3 aromatic rings. The lowest BCUT2D eigenvalue weighted by Crippen LogP contribution is -2.40. The number of para-hydroxylation sites is 1. The average molecular weight is 397 g/mol. The number of rotatable bonds is 7. The molecule has 1 amide bonds. The Morgan fingerprint density at radius 2 is 1.36 bits per heavy atom. The molecule has 144 valence electrons. The predicted molar refractivity (Wildman–Crippen MR) is 106 cm³/mol. The summed E-state index contributed by atoms with van der Waals surface area (Å²) in [7, 11) is -2.54. The van der Waals surface area contributed by atoms with Crippen LogP contribution in [0.15, 0.2) is 89.8 Å². The number of sulfonamides is 1. The highest BCUT2D eigenvalue weighted by Crippen LogP contribution is 2.24. The SMILES string of the molecule is COc1ccc(OCC(=O)N(c2ccccc2)S(=O)(=O)c2ccccc2)cc1. The minimum absolute atomic E-state index is 0.0247. The molecule has 0 heterocycles. The van der Waals surface area contributed by atoms with E-state index in [1.807, 2.05) is 0 Å². The summed E-state index contributed by atoms with van der Waals surface area (Å²) in [5.41, 5.74) is 0.245. The Bertz CT molecular complexity index is 1020. The molecule has 0 saturated heterocycles. The fourth-order valence-corrected chi connectivity index (χ4v) is 3.99. The molecule has 7 heteroatoms. The minimum Gasteiger partial charge on any atom is -0.497 e. The van der Waals surface area contributed by atoms with E-state index in [-0.39, 0.29) is 10.6 Å². The average Bonchev–Trinajstić information content (AvgIpc) is 2.74. The van der Waals surface area contributed by atoms with Crippen molar-refractivity contribution in [2.45, 2.75) is 4.90 Å². The first-order valence-corrected chi connectivity index (χ1v) is 9.91. The van der Waals surface area contributed by atoms with Gasteiger partial charge in [-0.1, -0.05) is 36.4 Å². The maximum Gasteiger partial charge on any atom is 0.278 e. The van der Waals surface area contributed by atoms with E-state index in [0.717, 1.165) is 4.31 Å². The Labute approximate surface area is 164 Å². The molecule has 0 aliphatic rings. The zero-order valence-corrected chi connectivity index (χ0v) is 16.0. The van der Waals surface area contributed by atoms with Crippen LogP contribution >= 0.6 is 0 Å². The van der Waals surface area contributed by atoms with Crippen LogP contribution in [0.1, 0.15) is 0 Å². The summed E-state index contributed by atoms with van der Waals surface area (Å²) in [5.74, 6) is 0.376. The quantitative estimate of drug-likeness (QED) is 0.610. The van der Waals surface area contributed by atoms with Crippen molar-refractivity contribution in [2.75, 3.05) is 18.0 Å². The van der Waals surface area contributed by atoms with Crippen LogP contribution in [0.5, 0.6) is 11.5 Å². The van der Waals surface area contributed by atoms with Crippen LogP contribution < -0.4 is 13.8 Å². The van der Waals surface area contributed by atoms with E-state index >= 15 is 0 Å². The second-order valence-electron chi connectivity index (χ2n) is 5.78. The van der Waals surface area contributed by atoms with Crippen molar-refractivity contribution in [1.82, 2.24) is 0 Å². The molecule has 0 N–H and O–H groups in total. The van der Waals surface area contributed by atoms with Gasteiger partial charge >= 0.3 is 0 Å². The third-order valence-electron chi connectivity index (χ3n) is 3.92. The van der Waals surface area contributed by atoms with E-state index in [4.69, 9.17) is 9.47 Å². The number of hydrogen-bond donors (Lipinski definition) is 0. The number of ether oxygens (including phenoxy) is 2. The van der Waals surface area contributed by atoms with Gasteiger partial charge in [-0.15, -0.1) is 0 Å². The normalized spacial score (nSPS) is 10.9. The molecule has 28 heavy (non-hydrogen) atoms. The fourth-order valence-electron chi connectivity index (χ4n) is 2.55. The molecule has 0 aliphatic carbocycles. The van der Waals surface area contributed by atoms with Crippen LogP contribution in [0, 0.1) is 0 Å². The van der Waals surface area contributed by atoms with Crippen LogP contribution in [0.3, 0.4) is 0 Å². The molecule has 0 bridgehead atoms. The maximum absolute atomic E-state index is 13.1. The summed E-state index contributed by atoms with van der Waals surface area (Å²) >= 11 is 0. The topological polar surface area (TPSA) is 72.9 Å². The standard InChI is InChI=1S/C21H19NO5S/c1-26-18-12-14-19(15-13-18)27-16-21(23)22(17-8-4-2-5-9-17)28(24,25)20-10-6-3-7-11-20/h2-15H,16H2,1H3. The highest BCUT2D eigenvalue weighted by atomic mass is 32.2. The van der Waals surface area contributed by atoms with Crippen molar-refractivity contribution < 1.29 is 22.7 Å². The second kappa shape index (κ2) is 8.58. The summed E-state index contributed by atoms with van der Waals surface area (Å²) in [6.07, 6.45) is 0. The number of carbonyl (C=O) groups is 1. The van der Waals surface area contributed by atoms with Crippen molar-refractivity contribution in [3.8, 4) is 11.5 Å².